The molecule has 0 amide bonds. The first-order valence-electron chi connectivity index (χ1n) is 3.43. The standard InChI is InChI=1S/C9H8INO/c1-6-3-8(10)4-7(5-11)9(6)12-2/h3-4H,1-2H3. The summed E-state index contributed by atoms with van der Waals surface area (Å²) < 4.78 is 6.15. The van der Waals surface area contributed by atoms with E-state index in [1.165, 1.54) is 0 Å². The van der Waals surface area contributed by atoms with Crippen LogP contribution >= 0.6 is 22.6 Å². The van der Waals surface area contributed by atoms with Crippen molar-refractivity contribution in [3.63, 3.8) is 0 Å². The van der Waals surface area contributed by atoms with Crippen LogP contribution in [0.25, 0.3) is 0 Å². The summed E-state index contributed by atoms with van der Waals surface area (Å²) in [7, 11) is 1.58. The van der Waals surface area contributed by atoms with Gasteiger partial charge in [0.25, 0.3) is 0 Å². The van der Waals surface area contributed by atoms with Gasteiger partial charge < -0.3 is 4.74 Å². The highest BCUT2D eigenvalue weighted by atomic mass is 127. The zero-order chi connectivity index (χ0) is 9.14. The molecule has 1 rings (SSSR count). The largest absolute Gasteiger partial charge is 0.495 e. The molecular formula is C9H8INO. The number of hydrogen-bond acceptors (Lipinski definition) is 2. The summed E-state index contributed by atoms with van der Waals surface area (Å²) in [5, 5.41) is 8.77. The fraction of sp³-hybridized carbons (Fsp3) is 0.222. The monoisotopic (exact) mass is 273 g/mol. The van der Waals surface area contributed by atoms with Crippen LogP contribution in [0.5, 0.6) is 5.75 Å². The SMILES string of the molecule is COc1c(C)cc(I)cc1C#N. The van der Waals surface area contributed by atoms with E-state index in [4.69, 9.17) is 10.00 Å². The summed E-state index contributed by atoms with van der Waals surface area (Å²) in [6.07, 6.45) is 0. The van der Waals surface area contributed by atoms with E-state index in [1.54, 1.807) is 7.11 Å². The predicted octanol–water partition coefficient (Wildman–Crippen LogP) is 2.48. The predicted molar refractivity (Wildman–Crippen MR) is 55.2 cm³/mol. The molecule has 0 aromatic heterocycles. The first kappa shape index (κ1) is 9.33. The van der Waals surface area contributed by atoms with Crippen molar-refractivity contribution in [1.82, 2.24) is 0 Å². The lowest BCUT2D eigenvalue weighted by Crippen LogP contribution is -1.92. The molecule has 0 N–H and O–H groups in total. The molecule has 0 unspecified atom stereocenters. The van der Waals surface area contributed by atoms with Gasteiger partial charge in [0.2, 0.25) is 0 Å². The molecule has 0 radical (unpaired) electrons. The van der Waals surface area contributed by atoms with Gasteiger partial charge in [0.15, 0.2) is 0 Å². The lowest BCUT2D eigenvalue weighted by molar-refractivity contribution is 0.410. The number of hydrogen-bond donors (Lipinski definition) is 0. The van der Waals surface area contributed by atoms with Crippen molar-refractivity contribution in [2.24, 2.45) is 0 Å². The Kier molecular flexibility index (Phi) is 2.93. The summed E-state index contributed by atoms with van der Waals surface area (Å²) in [5.41, 5.74) is 1.60. The molecular weight excluding hydrogens is 265 g/mol. The molecule has 0 saturated heterocycles. The minimum atomic E-state index is 0.599. The van der Waals surface area contributed by atoms with Crippen LogP contribution in [0.2, 0.25) is 0 Å². The summed E-state index contributed by atoms with van der Waals surface area (Å²) in [6, 6.07) is 5.90. The normalized spacial score (nSPS) is 9.17. The van der Waals surface area contributed by atoms with E-state index in [0.29, 0.717) is 11.3 Å². The van der Waals surface area contributed by atoms with Gasteiger partial charge >= 0.3 is 0 Å². The van der Waals surface area contributed by atoms with Crippen molar-refractivity contribution >= 4 is 22.6 Å². The van der Waals surface area contributed by atoms with Gasteiger partial charge in [-0.1, -0.05) is 0 Å². The maximum absolute atomic E-state index is 8.77. The maximum Gasteiger partial charge on any atom is 0.139 e. The van der Waals surface area contributed by atoms with Crippen LogP contribution in [0.1, 0.15) is 11.1 Å². The smallest absolute Gasteiger partial charge is 0.139 e. The van der Waals surface area contributed by atoms with Crippen LogP contribution in [0.15, 0.2) is 12.1 Å². The Balaban J connectivity index is 3.36. The van der Waals surface area contributed by atoms with E-state index in [2.05, 4.69) is 28.7 Å². The van der Waals surface area contributed by atoms with Crippen molar-refractivity contribution in [1.29, 1.82) is 5.26 Å². The molecule has 0 atom stereocenters. The van der Waals surface area contributed by atoms with Crippen LogP contribution in [0.3, 0.4) is 0 Å². The third-order valence-corrected chi connectivity index (χ3v) is 2.19. The number of aryl methyl sites for hydroxylation is 1. The molecule has 0 heterocycles. The molecule has 1 aromatic rings. The third-order valence-electron chi connectivity index (χ3n) is 1.56. The van der Waals surface area contributed by atoms with Gasteiger partial charge in [0.05, 0.1) is 12.7 Å². The van der Waals surface area contributed by atoms with Gasteiger partial charge in [-0.3, -0.25) is 0 Å². The van der Waals surface area contributed by atoms with Crippen LogP contribution in [0, 0.1) is 21.8 Å². The molecule has 3 heteroatoms. The highest BCUT2D eigenvalue weighted by Crippen LogP contribution is 2.24. The highest BCUT2D eigenvalue weighted by Gasteiger charge is 2.06. The van der Waals surface area contributed by atoms with E-state index in [0.717, 1.165) is 9.13 Å². The fourth-order valence-corrected chi connectivity index (χ4v) is 1.86. The van der Waals surface area contributed by atoms with Crippen molar-refractivity contribution in [2.45, 2.75) is 6.92 Å². The van der Waals surface area contributed by atoms with Gasteiger partial charge in [-0.2, -0.15) is 5.26 Å². The molecule has 0 spiro atoms. The maximum atomic E-state index is 8.77. The first-order chi connectivity index (χ1) is 5.69. The summed E-state index contributed by atoms with van der Waals surface area (Å²) in [4.78, 5) is 0. The second kappa shape index (κ2) is 3.76. The van der Waals surface area contributed by atoms with E-state index < -0.39 is 0 Å². The topological polar surface area (TPSA) is 33.0 Å². The van der Waals surface area contributed by atoms with Gasteiger partial charge in [0.1, 0.15) is 11.8 Å². The second-order valence-corrected chi connectivity index (χ2v) is 3.66. The fourth-order valence-electron chi connectivity index (χ4n) is 1.08. The molecule has 12 heavy (non-hydrogen) atoms. The van der Waals surface area contributed by atoms with Crippen molar-refractivity contribution in [3.05, 3.63) is 26.8 Å². The number of halogens is 1. The molecule has 0 fully saturated rings. The molecule has 2 nitrogen and oxygen atoms in total. The van der Waals surface area contributed by atoms with Crippen molar-refractivity contribution in [2.75, 3.05) is 7.11 Å². The molecule has 0 aliphatic rings. The quantitative estimate of drug-likeness (QED) is 0.736. The van der Waals surface area contributed by atoms with Crippen molar-refractivity contribution in [3.8, 4) is 11.8 Å². The molecule has 1 aromatic carbocycles. The minimum Gasteiger partial charge on any atom is -0.495 e. The van der Waals surface area contributed by atoms with Crippen LogP contribution in [-0.4, -0.2) is 7.11 Å². The number of nitrogens with zero attached hydrogens (tertiary/aromatic N) is 1. The van der Waals surface area contributed by atoms with Gasteiger partial charge in [0, 0.05) is 3.57 Å². The average Bonchev–Trinajstić information content (AvgIpc) is 2.03. The lowest BCUT2D eigenvalue weighted by Gasteiger charge is -2.06. The Morgan fingerprint density at radius 3 is 2.67 bits per heavy atom. The van der Waals surface area contributed by atoms with Crippen LogP contribution in [0.4, 0.5) is 0 Å². The Labute approximate surface area is 85.3 Å². The third kappa shape index (κ3) is 1.69. The van der Waals surface area contributed by atoms with Gasteiger partial charge in [-0.05, 0) is 47.2 Å². The number of benzene rings is 1. The Morgan fingerprint density at radius 2 is 2.17 bits per heavy atom. The second-order valence-electron chi connectivity index (χ2n) is 2.42. The minimum absolute atomic E-state index is 0.599. The molecule has 0 aliphatic heterocycles. The molecule has 62 valence electrons. The van der Waals surface area contributed by atoms with E-state index in [1.807, 2.05) is 19.1 Å². The first-order valence-corrected chi connectivity index (χ1v) is 4.51. The van der Waals surface area contributed by atoms with Crippen LogP contribution in [-0.2, 0) is 0 Å². The van der Waals surface area contributed by atoms with Gasteiger partial charge in [-0.25, -0.2) is 0 Å². The molecule has 0 saturated carbocycles. The van der Waals surface area contributed by atoms with Crippen molar-refractivity contribution < 1.29 is 4.74 Å². The number of ether oxygens (including phenoxy) is 1. The highest BCUT2D eigenvalue weighted by molar-refractivity contribution is 14.1. The van der Waals surface area contributed by atoms with Gasteiger partial charge in [-0.15, -0.1) is 0 Å². The van der Waals surface area contributed by atoms with E-state index in [9.17, 15) is 0 Å². The lowest BCUT2D eigenvalue weighted by atomic mass is 10.1. The summed E-state index contributed by atoms with van der Waals surface area (Å²) in [5.74, 6) is 0.679. The number of methoxy groups -OCH3 is 1. The van der Waals surface area contributed by atoms with E-state index in [-0.39, 0.29) is 0 Å². The Bertz CT molecular complexity index is 341. The number of rotatable bonds is 1. The zero-order valence-electron chi connectivity index (χ0n) is 6.89. The summed E-state index contributed by atoms with van der Waals surface area (Å²) in [6.45, 7) is 1.93. The average molecular weight is 273 g/mol. The van der Waals surface area contributed by atoms with E-state index >= 15 is 0 Å². The molecule has 0 bridgehead atoms. The summed E-state index contributed by atoms with van der Waals surface area (Å²) >= 11 is 2.18. The zero-order valence-corrected chi connectivity index (χ0v) is 9.05. The van der Waals surface area contributed by atoms with Crippen LogP contribution < -0.4 is 4.74 Å². The Hall–Kier alpha value is -0.760. The Morgan fingerprint density at radius 1 is 1.50 bits per heavy atom. The number of nitriles is 1. The molecule has 0 aliphatic carbocycles.